The molecule has 9 heavy (non-hydrogen) atoms. The van der Waals surface area contributed by atoms with Gasteiger partial charge in [0.2, 0.25) is 0 Å². The molecule has 1 atom stereocenters. The van der Waals surface area contributed by atoms with Gasteiger partial charge in [-0.05, 0) is 6.92 Å². The van der Waals surface area contributed by atoms with Gasteiger partial charge in [-0.3, -0.25) is 0 Å². The van der Waals surface area contributed by atoms with Crippen molar-refractivity contribution >= 4 is 81.4 Å². The van der Waals surface area contributed by atoms with Crippen molar-refractivity contribution in [2.24, 2.45) is 0 Å². The number of aliphatic carboxylic acids is 1. The zero-order valence-corrected chi connectivity index (χ0v) is 9.58. The van der Waals surface area contributed by atoms with E-state index in [2.05, 4.69) is 0 Å². The number of hydrogen-bond donors (Lipinski definition) is 1. The first-order chi connectivity index (χ1) is 2.64. The van der Waals surface area contributed by atoms with Crippen molar-refractivity contribution in [2.45, 2.75) is 13.0 Å². The van der Waals surface area contributed by atoms with Crippen LogP contribution < -0.4 is 5.11 Å². The van der Waals surface area contributed by atoms with E-state index in [-0.39, 0.29) is 81.0 Å². The molecule has 0 aromatic carbocycles. The van der Waals surface area contributed by atoms with Crippen LogP contribution in [0.2, 0.25) is 0 Å². The molecule has 0 radical (unpaired) electrons. The van der Waals surface area contributed by atoms with Crippen molar-refractivity contribution in [2.75, 3.05) is 0 Å². The number of carbonyl (C=O) groups excluding carboxylic acids is 1. The minimum atomic E-state index is -1.44. The summed E-state index contributed by atoms with van der Waals surface area (Å²) < 4.78 is 0. The second-order valence-corrected chi connectivity index (χ2v) is 0.995. The van der Waals surface area contributed by atoms with Gasteiger partial charge in [-0.25, -0.2) is 0 Å². The molecule has 0 saturated carbocycles. The van der Waals surface area contributed by atoms with Crippen molar-refractivity contribution in [1.82, 2.24) is 0 Å². The summed E-state index contributed by atoms with van der Waals surface area (Å²) in [5.74, 6) is -1.44. The molecule has 0 heterocycles. The molecular weight excluding hydrogens is 180 g/mol. The molecule has 6 heteroatoms. The second-order valence-electron chi connectivity index (χ2n) is 0.995. The fourth-order valence-electron chi connectivity index (χ4n) is 0. The summed E-state index contributed by atoms with van der Waals surface area (Å²) in [5.41, 5.74) is 0. The molecular formula is C3H5Ca2O4+. The number of aliphatic hydroxyl groups is 1. The third-order valence-electron chi connectivity index (χ3n) is 0.341. The van der Waals surface area contributed by atoms with Gasteiger partial charge in [-0.1, -0.05) is 0 Å². The normalized spacial score (nSPS) is 9.11. The molecule has 0 bridgehead atoms. The molecule has 1 unspecified atom stereocenters. The van der Waals surface area contributed by atoms with Crippen LogP contribution in [-0.4, -0.2) is 92.7 Å². The maximum Gasteiger partial charge on any atom is 2.00 e. The Kier molecular flexibility index (Phi) is 31.3. The Morgan fingerprint density at radius 2 is 1.67 bits per heavy atom. The molecule has 0 aliphatic heterocycles. The molecule has 0 saturated heterocycles. The predicted molar refractivity (Wildman–Crippen MR) is 28.9 cm³/mol. The monoisotopic (exact) mass is 185 g/mol. The van der Waals surface area contributed by atoms with E-state index < -0.39 is 12.1 Å². The molecule has 0 aromatic rings. The second kappa shape index (κ2) is 12.6. The van der Waals surface area contributed by atoms with E-state index in [0.29, 0.717) is 0 Å². The van der Waals surface area contributed by atoms with Crippen molar-refractivity contribution < 1.29 is 20.5 Å². The zero-order chi connectivity index (χ0) is 5.15. The standard InChI is InChI=1S/C3H6O3.2Ca.O/c1-2(4)3(5)6;;;/h2,4H,1H3,(H,5,6);;;/q;2*+2;-2/p-1. The first kappa shape index (κ1) is 22.4. The minimum absolute atomic E-state index is 0. The average molecular weight is 185 g/mol. The Morgan fingerprint density at radius 1 is 1.56 bits per heavy atom. The van der Waals surface area contributed by atoms with Gasteiger partial charge >= 0.3 is 75.5 Å². The number of carboxylic acids is 1. The SMILES string of the molecule is CC(O)C(=O)[O-].[Ca+2].[Ca+2].[O-2]. The van der Waals surface area contributed by atoms with E-state index >= 15 is 0 Å². The van der Waals surface area contributed by atoms with E-state index in [0.717, 1.165) is 6.92 Å². The van der Waals surface area contributed by atoms with Crippen LogP contribution in [0.3, 0.4) is 0 Å². The number of carbonyl (C=O) groups is 1. The van der Waals surface area contributed by atoms with Crippen molar-refractivity contribution in [3.8, 4) is 0 Å². The topological polar surface area (TPSA) is 88.9 Å². The number of rotatable bonds is 1. The van der Waals surface area contributed by atoms with Gasteiger partial charge in [0.05, 0.1) is 12.1 Å². The molecule has 0 aromatic heterocycles. The maximum atomic E-state index is 9.34. The summed E-state index contributed by atoms with van der Waals surface area (Å²) in [7, 11) is 0. The summed E-state index contributed by atoms with van der Waals surface area (Å²) in [6, 6.07) is 0. The molecule has 0 aliphatic carbocycles. The van der Waals surface area contributed by atoms with Crippen molar-refractivity contribution in [3.63, 3.8) is 0 Å². The molecule has 0 aliphatic rings. The predicted octanol–water partition coefficient (Wildman–Crippen LogP) is -2.76. The summed E-state index contributed by atoms with van der Waals surface area (Å²) >= 11 is 0. The molecule has 0 amide bonds. The third kappa shape index (κ3) is 17.8. The average Bonchev–Trinajstić information content (AvgIpc) is 1.36. The summed E-state index contributed by atoms with van der Waals surface area (Å²) in [4.78, 5) is 9.34. The van der Waals surface area contributed by atoms with Crippen molar-refractivity contribution in [3.05, 3.63) is 0 Å². The van der Waals surface area contributed by atoms with Gasteiger partial charge in [-0.2, -0.15) is 0 Å². The Balaban J connectivity index is -0.0000000417. The first-order valence-electron chi connectivity index (χ1n) is 1.53. The minimum Gasteiger partial charge on any atom is -2.00 e. The van der Waals surface area contributed by atoms with Crippen LogP contribution in [0.15, 0.2) is 0 Å². The van der Waals surface area contributed by atoms with E-state index in [1.807, 2.05) is 0 Å². The van der Waals surface area contributed by atoms with Crippen LogP contribution >= 0.6 is 0 Å². The van der Waals surface area contributed by atoms with Crippen LogP contribution in [0, 0.1) is 0 Å². The van der Waals surface area contributed by atoms with Crippen molar-refractivity contribution in [1.29, 1.82) is 0 Å². The van der Waals surface area contributed by atoms with Crippen LogP contribution in [0.25, 0.3) is 0 Å². The maximum absolute atomic E-state index is 9.34. The smallest absolute Gasteiger partial charge is 2.00 e. The quantitative estimate of drug-likeness (QED) is 0.449. The fraction of sp³-hybridized carbons (Fsp3) is 0.667. The molecule has 0 rings (SSSR count). The third-order valence-corrected chi connectivity index (χ3v) is 0.341. The Labute approximate surface area is 113 Å². The van der Waals surface area contributed by atoms with Gasteiger partial charge in [-0.15, -0.1) is 0 Å². The van der Waals surface area contributed by atoms with Gasteiger partial charge in [0, 0.05) is 0 Å². The Hall–Kier alpha value is 1.91. The Morgan fingerprint density at radius 3 is 1.67 bits per heavy atom. The van der Waals surface area contributed by atoms with Gasteiger partial charge < -0.3 is 20.5 Å². The summed E-state index contributed by atoms with van der Waals surface area (Å²) in [5, 5.41) is 17.3. The molecule has 1 N–H and O–H groups in total. The molecule has 0 spiro atoms. The van der Waals surface area contributed by atoms with Gasteiger partial charge in [0.25, 0.3) is 0 Å². The number of hydrogen-bond acceptors (Lipinski definition) is 3. The molecule has 44 valence electrons. The van der Waals surface area contributed by atoms with Gasteiger partial charge in [0.1, 0.15) is 0 Å². The molecule has 0 fully saturated rings. The number of aliphatic hydroxyl groups excluding tert-OH is 1. The Bertz CT molecular complexity index is 64.8. The van der Waals surface area contributed by atoms with Crippen LogP contribution in [-0.2, 0) is 10.3 Å². The zero-order valence-electron chi connectivity index (χ0n) is 5.16. The van der Waals surface area contributed by atoms with E-state index in [9.17, 15) is 9.90 Å². The van der Waals surface area contributed by atoms with E-state index in [4.69, 9.17) is 5.11 Å². The largest absolute Gasteiger partial charge is 2.00 e. The fourth-order valence-corrected chi connectivity index (χ4v) is 0. The summed E-state index contributed by atoms with van der Waals surface area (Å²) in [6.07, 6.45) is -1.34. The molecule has 4 nitrogen and oxygen atoms in total. The van der Waals surface area contributed by atoms with Gasteiger partial charge in [0.15, 0.2) is 0 Å². The number of carboxylic acid groups (broad SMARTS) is 1. The van der Waals surface area contributed by atoms with Crippen LogP contribution in [0.4, 0.5) is 0 Å². The van der Waals surface area contributed by atoms with Crippen LogP contribution in [0.5, 0.6) is 0 Å². The van der Waals surface area contributed by atoms with E-state index in [1.54, 1.807) is 0 Å². The summed E-state index contributed by atoms with van der Waals surface area (Å²) in [6.45, 7) is 1.13. The van der Waals surface area contributed by atoms with Crippen LogP contribution in [0.1, 0.15) is 6.92 Å². The first-order valence-corrected chi connectivity index (χ1v) is 1.53. The van der Waals surface area contributed by atoms with E-state index in [1.165, 1.54) is 0 Å².